The number of hydrogen-bond donors (Lipinski definition) is 3. The maximum atomic E-state index is 12.3. The number of rotatable bonds is 3. The Hall–Kier alpha value is -2.37. The molecule has 138 valence electrons. The standard InChI is InChI=1S/C21H28N4O/c1-21(2,23)20(26)24-17-9-6-15-10-11-25(3)13-19(18(15)12-17)14-4-7-16(22)8-5-14/h4-9,12,19H,10-11,13,22-23H2,1-3H3,(H,24,26). The van der Waals surface area contributed by atoms with Gasteiger partial charge in [-0.05, 0) is 68.3 Å². The van der Waals surface area contributed by atoms with E-state index >= 15 is 0 Å². The number of hydrogen-bond acceptors (Lipinski definition) is 4. The number of anilines is 2. The van der Waals surface area contributed by atoms with Gasteiger partial charge in [0.05, 0.1) is 5.54 Å². The molecule has 5 N–H and O–H groups in total. The predicted molar refractivity (Wildman–Crippen MR) is 107 cm³/mol. The van der Waals surface area contributed by atoms with Crippen LogP contribution in [0.15, 0.2) is 42.5 Å². The van der Waals surface area contributed by atoms with Gasteiger partial charge in [-0.15, -0.1) is 0 Å². The lowest BCUT2D eigenvalue weighted by Gasteiger charge is -2.23. The summed E-state index contributed by atoms with van der Waals surface area (Å²) in [7, 11) is 2.15. The van der Waals surface area contributed by atoms with Crippen LogP contribution in [0.25, 0.3) is 0 Å². The van der Waals surface area contributed by atoms with Crippen LogP contribution in [0.3, 0.4) is 0 Å². The van der Waals surface area contributed by atoms with Gasteiger partial charge in [0, 0.05) is 30.4 Å². The van der Waals surface area contributed by atoms with Gasteiger partial charge in [-0.25, -0.2) is 0 Å². The van der Waals surface area contributed by atoms with Gasteiger partial charge in [0.25, 0.3) is 0 Å². The number of nitrogen functional groups attached to an aromatic ring is 1. The number of likely N-dealkylation sites (N-methyl/N-ethyl adjacent to an activating group) is 1. The first kappa shape index (κ1) is 18.4. The van der Waals surface area contributed by atoms with Crippen LogP contribution in [0.4, 0.5) is 11.4 Å². The van der Waals surface area contributed by atoms with Crippen LogP contribution in [0.1, 0.15) is 36.5 Å². The highest BCUT2D eigenvalue weighted by atomic mass is 16.2. The minimum Gasteiger partial charge on any atom is -0.399 e. The predicted octanol–water partition coefficient (Wildman–Crippen LogP) is 2.56. The van der Waals surface area contributed by atoms with E-state index in [1.807, 2.05) is 18.2 Å². The lowest BCUT2D eigenvalue weighted by molar-refractivity contribution is -0.120. The molecular formula is C21H28N4O. The van der Waals surface area contributed by atoms with Crippen LogP contribution in [-0.2, 0) is 11.2 Å². The Morgan fingerprint density at radius 2 is 1.88 bits per heavy atom. The molecule has 1 aliphatic rings. The first-order chi connectivity index (χ1) is 12.2. The molecule has 26 heavy (non-hydrogen) atoms. The Morgan fingerprint density at radius 1 is 1.19 bits per heavy atom. The molecule has 3 rings (SSSR count). The maximum Gasteiger partial charge on any atom is 0.243 e. The molecule has 0 radical (unpaired) electrons. The molecule has 2 aromatic rings. The average molecular weight is 352 g/mol. The van der Waals surface area contributed by atoms with E-state index in [9.17, 15) is 4.79 Å². The zero-order valence-corrected chi connectivity index (χ0v) is 15.8. The van der Waals surface area contributed by atoms with E-state index in [1.54, 1.807) is 13.8 Å². The summed E-state index contributed by atoms with van der Waals surface area (Å²) < 4.78 is 0. The second-order valence-electron chi connectivity index (χ2n) is 7.82. The Morgan fingerprint density at radius 3 is 2.54 bits per heavy atom. The molecule has 1 aliphatic heterocycles. The Bertz CT molecular complexity index is 793. The highest BCUT2D eigenvalue weighted by Crippen LogP contribution is 2.33. The number of amides is 1. The second-order valence-corrected chi connectivity index (χ2v) is 7.82. The van der Waals surface area contributed by atoms with Gasteiger partial charge in [0.2, 0.25) is 5.91 Å². The maximum absolute atomic E-state index is 12.3. The number of carbonyl (C=O) groups excluding carboxylic acids is 1. The van der Waals surface area contributed by atoms with E-state index in [0.29, 0.717) is 0 Å². The summed E-state index contributed by atoms with van der Waals surface area (Å²) in [6.07, 6.45) is 0.994. The fourth-order valence-corrected chi connectivity index (χ4v) is 3.34. The number of benzene rings is 2. The second kappa shape index (κ2) is 7.09. The third kappa shape index (κ3) is 4.06. The number of carbonyl (C=O) groups is 1. The molecule has 0 spiro atoms. The van der Waals surface area contributed by atoms with Gasteiger partial charge in [-0.3, -0.25) is 4.79 Å². The highest BCUT2D eigenvalue weighted by Gasteiger charge is 2.25. The molecule has 1 atom stereocenters. The molecule has 0 bridgehead atoms. The number of nitrogens with zero attached hydrogens (tertiary/aromatic N) is 1. The van der Waals surface area contributed by atoms with Gasteiger partial charge in [0.1, 0.15) is 0 Å². The average Bonchev–Trinajstić information content (AvgIpc) is 2.74. The summed E-state index contributed by atoms with van der Waals surface area (Å²) >= 11 is 0. The summed E-state index contributed by atoms with van der Waals surface area (Å²) in [6.45, 7) is 5.35. The Balaban J connectivity index is 1.99. The molecule has 5 heteroatoms. The molecule has 0 fully saturated rings. The number of fused-ring (bicyclic) bond motifs is 1. The van der Waals surface area contributed by atoms with Crippen LogP contribution in [0.2, 0.25) is 0 Å². The van der Waals surface area contributed by atoms with Crippen molar-refractivity contribution in [3.8, 4) is 0 Å². The first-order valence-corrected chi connectivity index (χ1v) is 9.01. The molecule has 1 unspecified atom stereocenters. The summed E-state index contributed by atoms with van der Waals surface area (Å²) in [5.74, 6) is 0.0491. The van der Waals surface area contributed by atoms with Gasteiger partial charge >= 0.3 is 0 Å². The van der Waals surface area contributed by atoms with E-state index in [0.717, 1.165) is 30.9 Å². The summed E-state index contributed by atoms with van der Waals surface area (Å²) in [5, 5.41) is 2.95. The van der Waals surface area contributed by atoms with Crippen molar-refractivity contribution in [3.63, 3.8) is 0 Å². The van der Waals surface area contributed by atoms with Crippen molar-refractivity contribution in [3.05, 3.63) is 59.2 Å². The van der Waals surface area contributed by atoms with Crippen LogP contribution in [0.5, 0.6) is 0 Å². The molecule has 0 aromatic heterocycles. The van der Waals surface area contributed by atoms with E-state index in [2.05, 4.69) is 41.5 Å². The quantitative estimate of drug-likeness (QED) is 0.741. The summed E-state index contributed by atoms with van der Waals surface area (Å²) in [5.41, 5.74) is 16.2. The number of nitrogens with two attached hydrogens (primary N) is 2. The van der Waals surface area contributed by atoms with Crippen LogP contribution < -0.4 is 16.8 Å². The molecule has 2 aromatic carbocycles. The molecular weight excluding hydrogens is 324 g/mol. The highest BCUT2D eigenvalue weighted by molar-refractivity contribution is 5.97. The van der Waals surface area contributed by atoms with E-state index in [1.165, 1.54) is 16.7 Å². The fourth-order valence-electron chi connectivity index (χ4n) is 3.34. The molecule has 0 aliphatic carbocycles. The van der Waals surface area contributed by atoms with Gasteiger partial charge < -0.3 is 21.7 Å². The van der Waals surface area contributed by atoms with Crippen molar-refractivity contribution in [1.82, 2.24) is 4.90 Å². The van der Waals surface area contributed by atoms with E-state index in [4.69, 9.17) is 11.5 Å². The lowest BCUT2D eigenvalue weighted by atomic mass is 9.87. The van der Waals surface area contributed by atoms with E-state index < -0.39 is 5.54 Å². The normalized spacial score (nSPS) is 18.1. The van der Waals surface area contributed by atoms with Crippen molar-refractivity contribution in [2.75, 3.05) is 31.2 Å². The third-order valence-corrected chi connectivity index (χ3v) is 4.96. The molecule has 1 heterocycles. The van der Waals surface area contributed by atoms with Gasteiger partial charge in [-0.2, -0.15) is 0 Å². The van der Waals surface area contributed by atoms with E-state index in [-0.39, 0.29) is 11.8 Å². The number of nitrogens with one attached hydrogen (secondary N) is 1. The SMILES string of the molecule is CN1CCc2ccc(NC(=O)C(C)(C)N)cc2C(c2ccc(N)cc2)C1. The molecule has 0 saturated heterocycles. The lowest BCUT2D eigenvalue weighted by Crippen LogP contribution is -2.45. The zero-order chi connectivity index (χ0) is 18.9. The van der Waals surface area contributed by atoms with Crippen molar-refractivity contribution < 1.29 is 4.79 Å². The minimum atomic E-state index is -0.913. The van der Waals surface area contributed by atoms with Crippen molar-refractivity contribution in [2.45, 2.75) is 31.7 Å². The van der Waals surface area contributed by atoms with Crippen LogP contribution >= 0.6 is 0 Å². The van der Waals surface area contributed by atoms with Gasteiger partial charge in [-0.1, -0.05) is 18.2 Å². The van der Waals surface area contributed by atoms with Crippen molar-refractivity contribution >= 4 is 17.3 Å². The molecule has 1 amide bonds. The largest absolute Gasteiger partial charge is 0.399 e. The Labute approximate surface area is 155 Å². The molecule has 5 nitrogen and oxygen atoms in total. The van der Waals surface area contributed by atoms with Crippen molar-refractivity contribution in [1.29, 1.82) is 0 Å². The van der Waals surface area contributed by atoms with Crippen LogP contribution in [-0.4, -0.2) is 36.5 Å². The Kier molecular flexibility index (Phi) is 5.03. The summed E-state index contributed by atoms with van der Waals surface area (Å²) in [6, 6.07) is 14.3. The van der Waals surface area contributed by atoms with Gasteiger partial charge in [0.15, 0.2) is 0 Å². The minimum absolute atomic E-state index is 0.188. The monoisotopic (exact) mass is 352 g/mol. The molecule has 0 saturated carbocycles. The third-order valence-electron chi connectivity index (χ3n) is 4.96. The van der Waals surface area contributed by atoms with Crippen molar-refractivity contribution in [2.24, 2.45) is 5.73 Å². The zero-order valence-electron chi connectivity index (χ0n) is 15.8. The fraction of sp³-hybridized carbons (Fsp3) is 0.381. The smallest absolute Gasteiger partial charge is 0.243 e. The first-order valence-electron chi connectivity index (χ1n) is 9.01. The topological polar surface area (TPSA) is 84.4 Å². The summed E-state index contributed by atoms with van der Waals surface area (Å²) in [4.78, 5) is 14.6. The van der Waals surface area contributed by atoms with Crippen LogP contribution in [0, 0.1) is 0 Å².